The maximum Gasteiger partial charge on any atom is 0.223 e. The standard InChI is InChI=1S/C24H29NO/c1-18-12-14-25(15-13-18)24(26)17-22-16-21-8-3-2-6-19(21)10-11-20-7-4-5-9-23(20)22/h2-9,18,22H,10-17H2,1H3/t22-/m1/s1. The van der Waals surface area contributed by atoms with Crippen LogP contribution in [0.1, 0.15) is 54.4 Å². The first-order valence-electron chi connectivity index (χ1n) is 10.1. The second-order valence-corrected chi connectivity index (χ2v) is 8.14. The molecule has 0 aromatic heterocycles. The second kappa shape index (κ2) is 7.65. The molecule has 2 aromatic rings. The summed E-state index contributed by atoms with van der Waals surface area (Å²) >= 11 is 0. The molecule has 0 N–H and O–H groups in total. The lowest BCUT2D eigenvalue weighted by Crippen LogP contribution is -2.38. The number of amides is 1. The van der Waals surface area contributed by atoms with Crippen molar-refractivity contribution in [3.8, 4) is 0 Å². The normalized spacial score (nSPS) is 20.7. The lowest BCUT2D eigenvalue weighted by molar-refractivity contribution is -0.132. The summed E-state index contributed by atoms with van der Waals surface area (Å²) in [5, 5.41) is 0. The highest BCUT2D eigenvalue weighted by atomic mass is 16.2. The number of likely N-dealkylation sites (tertiary alicyclic amines) is 1. The van der Waals surface area contributed by atoms with Gasteiger partial charge in [0.05, 0.1) is 0 Å². The van der Waals surface area contributed by atoms with Crippen LogP contribution in [0.15, 0.2) is 48.5 Å². The van der Waals surface area contributed by atoms with E-state index < -0.39 is 0 Å². The van der Waals surface area contributed by atoms with Crippen LogP contribution in [-0.4, -0.2) is 23.9 Å². The van der Waals surface area contributed by atoms with E-state index in [-0.39, 0.29) is 0 Å². The van der Waals surface area contributed by atoms with Gasteiger partial charge in [-0.3, -0.25) is 4.79 Å². The molecule has 0 spiro atoms. The Hall–Kier alpha value is -2.09. The SMILES string of the molecule is CC1CCN(C(=O)C[C@H]2Cc3ccccc3CCc3ccccc32)CC1. The van der Waals surface area contributed by atoms with Crippen LogP contribution in [0.2, 0.25) is 0 Å². The van der Waals surface area contributed by atoms with Gasteiger partial charge in [-0.05, 0) is 66.2 Å². The number of carbonyl (C=O) groups excluding carboxylic acids is 1. The summed E-state index contributed by atoms with van der Waals surface area (Å²) in [5.41, 5.74) is 5.69. The Bertz CT molecular complexity index is 773. The first kappa shape index (κ1) is 17.3. The van der Waals surface area contributed by atoms with Gasteiger partial charge in [0.2, 0.25) is 5.91 Å². The molecule has 1 amide bonds. The molecule has 1 saturated heterocycles. The van der Waals surface area contributed by atoms with Crippen molar-refractivity contribution < 1.29 is 4.79 Å². The van der Waals surface area contributed by atoms with Crippen LogP contribution in [0.4, 0.5) is 0 Å². The highest BCUT2D eigenvalue weighted by Crippen LogP contribution is 2.33. The van der Waals surface area contributed by atoms with Crippen molar-refractivity contribution in [2.45, 2.75) is 51.4 Å². The predicted octanol–water partition coefficient (Wildman–Crippen LogP) is 4.76. The highest BCUT2D eigenvalue weighted by molar-refractivity contribution is 5.77. The average Bonchev–Trinajstić information content (AvgIpc) is 2.66. The number of carbonyl (C=O) groups is 1. The first-order valence-corrected chi connectivity index (χ1v) is 10.1. The van der Waals surface area contributed by atoms with Gasteiger partial charge in [-0.15, -0.1) is 0 Å². The predicted molar refractivity (Wildman–Crippen MR) is 106 cm³/mol. The third kappa shape index (κ3) is 3.70. The Labute approximate surface area is 157 Å². The lowest BCUT2D eigenvalue weighted by Gasteiger charge is -2.32. The largest absolute Gasteiger partial charge is 0.343 e. The van der Waals surface area contributed by atoms with E-state index in [1.54, 1.807) is 0 Å². The summed E-state index contributed by atoms with van der Waals surface area (Å²) in [6, 6.07) is 17.6. The molecule has 1 aliphatic heterocycles. The van der Waals surface area contributed by atoms with Gasteiger partial charge in [-0.2, -0.15) is 0 Å². The number of piperidine rings is 1. The van der Waals surface area contributed by atoms with E-state index in [1.807, 2.05) is 0 Å². The first-order chi connectivity index (χ1) is 12.7. The summed E-state index contributed by atoms with van der Waals surface area (Å²) in [7, 11) is 0. The number of aryl methyl sites for hydroxylation is 2. The van der Waals surface area contributed by atoms with Crippen molar-refractivity contribution in [1.29, 1.82) is 0 Å². The van der Waals surface area contributed by atoms with Gasteiger partial charge in [-0.1, -0.05) is 55.5 Å². The smallest absolute Gasteiger partial charge is 0.223 e. The Kier molecular flexibility index (Phi) is 5.10. The molecule has 2 nitrogen and oxygen atoms in total. The molecule has 0 radical (unpaired) electrons. The Balaban J connectivity index is 1.59. The molecule has 136 valence electrons. The van der Waals surface area contributed by atoms with Crippen molar-refractivity contribution in [1.82, 2.24) is 4.90 Å². The van der Waals surface area contributed by atoms with Crippen molar-refractivity contribution in [2.75, 3.05) is 13.1 Å². The maximum absolute atomic E-state index is 13.0. The number of benzene rings is 2. The third-order valence-corrected chi connectivity index (χ3v) is 6.30. The molecule has 1 fully saturated rings. The lowest BCUT2D eigenvalue weighted by atomic mass is 9.80. The van der Waals surface area contributed by atoms with Gasteiger partial charge >= 0.3 is 0 Å². The number of nitrogens with zero attached hydrogens (tertiary/aromatic N) is 1. The van der Waals surface area contributed by atoms with Gasteiger partial charge in [0, 0.05) is 19.5 Å². The van der Waals surface area contributed by atoms with E-state index in [4.69, 9.17) is 0 Å². The van der Waals surface area contributed by atoms with E-state index in [9.17, 15) is 4.79 Å². The molecule has 2 aromatic carbocycles. The fourth-order valence-electron chi connectivity index (χ4n) is 4.59. The molecular formula is C24H29NO. The third-order valence-electron chi connectivity index (χ3n) is 6.30. The molecule has 1 aliphatic carbocycles. The number of hydrogen-bond acceptors (Lipinski definition) is 1. The molecular weight excluding hydrogens is 318 g/mol. The van der Waals surface area contributed by atoms with E-state index in [2.05, 4.69) is 60.4 Å². The van der Waals surface area contributed by atoms with E-state index in [1.165, 1.54) is 22.3 Å². The second-order valence-electron chi connectivity index (χ2n) is 8.14. The summed E-state index contributed by atoms with van der Waals surface area (Å²) in [6.45, 7) is 4.17. The highest BCUT2D eigenvalue weighted by Gasteiger charge is 2.26. The van der Waals surface area contributed by atoms with Crippen LogP contribution in [0.3, 0.4) is 0 Å². The molecule has 0 bridgehead atoms. The van der Waals surface area contributed by atoms with Crippen LogP contribution in [0, 0.1) is 5.92 Å². The number of hydrogen-bond donors (Lipinski definition) is 0. The van der Waals surface area contributed by atoms with Gasteiger partial charge in [0.15, 0.2) is 0 Å². The maximum atomic E-state index is 13.0. The Morgan fingerprint density at radius 3 is 2.31 bits per heavy atom. The van der Waals surface area contributed by atoms with Crippen LogP contribution in [0.5, 0.6) is 0 Å². The van der Waals surface area contributed by atoms with Gasteiger partial charge < -0.3 is 4.90 Å². The van der Waals surface area contributed by atoms with E-state index in [0.29, 0.717) is 18.2 Å². The van der Waals surface area contributed by atoms with Crippen molar-refractivity contribution in [2.24, 2.45) is 5.92 Å². The summed E-state index contributed by atoms with van der Waals surface area (Å²) in [4.78, 5) is 15.1. The van der Waals surface area contributed by atoms with E-state index >= 15 is 0 Å². The van der Waals surface area contributed by atoms with Crippen molar-refractivity contribution in [3.05, 3.63) is 70.8 Å². The van der Waals surface area contributed by atoms with Crippen LogP contribution in [-0.2, 0) is 24.1 Å². The fourth-order valence-corrected chi connectivity index (χ4v) is 4.59. The van der Waals surface area contributed by atoms with Gasteiger partial charge in [-0.25, -0.2) is 0 Å². The van der Waals surface area contributed by atoms with Crippen molar-refractivity contribution in [3.63, 3.8) is 0 Å². The van der Waals surface area contributed by atoms with Crippen LogP contribution in [0.25, 0.3) is 0 Å². The fraction of sp³-hybridized carbons (Fsp3) is 0.458. The quantitative estimate of drug-likeness (QED) is 0.767. The van der Waals surface area contributed by atoms with Gasteiger partial charge in [0.1, 0.15) is 0 Å². The molecule has 1 heterocycles. The molecule has 2 aliphatic rings. The Morgan fingerprint density at radius 1 is 0.923 bits per heavy atom. The molecule has 26 heavy (non-hydrogen) atoms. The topological polar surface area (TPSA) is 20.3 Å². The molecule has 1 atom stereocenters. The minimum atomic E-state index is 0.291. The summed E-state index contributed by atoms with van der Waals surface area (Å²) in [6.07, 6.45) is 6.07. The minimum Gasteiger partial charge on any atom is -0.343 e. The summed E-state index contributed by atoms with van der Waals surface area (Å²) in [5.74, 6) is 1.39. The summed E-state index contributed by atoms with van der Waals surface area (Å²) < 4.78 is 0. The number of rotatable bonds is 2. The zero-order chi connectivity index (χ0) is 17.9. The monoisotopic (exact) mass is 347 g/mol. The van der Waals surface area contributed by atoms with Gasteiger partial charge in [0.25, 0.3) is 0 Å². The molecule has 2 heteroatoms. The Morgan fingerprint density at radius 2 is 1.54 bits per heavy atom. The van der Waals surface area contributed by atoms with E-state index in [0.717, 1.165) is 51.1 Å². The molecule has 0 saturated carbocycles. The minimum absolute atomic E-state index is 0.291. The number of fused-ring (bicyclic) bond motifs is 2. The zero-order valence-electron chi connectivity index (χ0n) is 15.8. The van der Waals surface area contributed by atoms with Crippen LogP contribution >= 0.6 is 0 Å². The zero-order valence-corrected chi connectivity index (χ0v) is 15.8. The van der Waals surface area contributed by atoms with Crippen LogP contribution < -0.4 is 0 Å². The molecule has 0 unspecified atom stereocenters. The average molecular weight is 348 g/mol. The van der Waals surface area contributed by atoms with Crippen molar-refractivity contribution >= 4 is 5.91 Å². The molecule has 4 rings (SSSR count).